The molecule has 0 amide bonds. The van der Waals surface area contributed by atoms with Crippen LogP contribution < -0.4 is 0 Å². The summed E-state index contributed by atoms with van der Waals surface area (Å²) >= 11 is 0. The summed E-state index contributed by atoms with van der Waals surface area (Å²) in [6, 6.07) is 0. The highest BCUT2D eigenvalue weighted by atomic mass is 32.2. The van der Waals surface area contributed by atoms with Crippen molar-refractivity contribution in [2.75, 3.05) is 24.6 Å². The molecule has 0 aromatic heterocycles. The highest BCUT2D eigenvalue weighted by Crippen LogP contribution is 2.19. The minimum absolute atomic E-state index is 0.266. The van der Waals surface area contributed by atoms with E-state index < -0.39 is 20.2 Å². The summed E-state index contributed by atoms with van der Waals surface area (Å²) in [6.45, 7) is 0.977. The highest BCUT2D eigenvalue weighted by Gasteiger charge is 2.10. The molecule has 0 atom stereocenters. The topological polar surface area (TPSA) is 115 Å². The van der Waals surface area contributed by atoms with E-state index in [1.807, 2.05) is 58.9 Å². The number of hydrogen-bond acceptors (Lipinski definition) is 6. The predicted molar refractivity (Wildman–Crippen MR) is 99.1 cm³/mol. The van der Waals surface area contributed by atoms with Gasteiger partial charge in [-0.25, -0.2) is 0 Å². The molecule has 0 radical (unpaired) electrons. The molecule has 0 spiro atoms. The van der Waals surface area contributed by atoms with Crippen molar-refractivity contribution in [2.24, 2.45) is 0 Å². The van der Waals surface area contributed by atoms with E-state index in [-0.39, 0.29) is 11.5 Å². The standard InChI is InChI=1S/C16H22N2O6S2/c19-25(20,21)13-1-7-17-9-3-15(4-10-17)16-5-11-18(12-6-16)8-2-14-26(22,23)24/h3-6,9-12H,1-2,7-8,13-14H2,(H,19,20,21)(H,22,23,24). The zero-order chi connectivity index (χ0) is 19.2. The predicted octanol–water partition coefficient (Wildman–Crippen LogP) is 1.52. The molecule has 2 aliphatic rings. The molecule has 2 aliphatic heterocycles. The van der Waals surface area contributed by atoms with E-state index in [9.17, 15) is 16.8 Å². The first kappa shape index (κ1) is 20.4. The smallest absolute Gasteiger partial charge is 0.264 e. The second-order valence-corrected chi connectivity index (χ2v) is 9.07. The van der Waals surface area contributed by atoms with Crippen molar-refractivity contribution in [2.45, 2.75) is 12.8 Å². The first-order valence-corrected chi connectivity index (χ1v) is 11.2. The maximum atomic E-state index is 10.7. The first-order valence-electron chi connectivity index (χ1n) is 8.01. The maximum Gasteiger partial charge on any atom is 0.264 e. The second-order valence-electron chi connectivity index (χ2n) is 5.93. The minimum Gasteiger partial charge on any atom is -0.354 e. The molecule has 8 nitrogen and oxygen atoms in total. The Balaban J connectivity index is 1.84. The molecule has 0 saturated heterocycles. The first-order chi connectivity index (χ1) is 12.1. The van der Waals surface area contributed by atoms with Crippen LogP contribution in [0.4, 0.5) is 0 Å². The van der Waals surface area contributed by atoms with Crippen LogP contribution in [-0.2, 0) is 20.2 Å². The van der Waals surface area contributed by atoms with Crippen LogP contribution in [0.5, 0.6) is 0 Å². The van der Waals surface area contributed by atoms with Crippen molar-refractivity contribution < 1.29 is 25.9 Å². The summed E-state index contributed by atoms with van der Waals surface area (Å²) in [5.74, 6) is -0.532. The van der Waals surface area contributed by atoms with E-state index in [0.29, 0.717) is 25.9 Å². The molecule has 0 bridgehead atoms. The summed E-state index contributed by atoms with van der Waals surface area (Å²) in [4.78, 5) is 3.68. The largest absolute Gasteiger partial charge is 0.354 e. The Morgan fingerprint density at radius 3 is 1.23 bits per heavy atom. The van der Waals surface area contributed by atoms with Crippen LogP contribution in [0.2, 0.25) is 0 Å². The zero-order valence-electron chi connectivity index (χ0n) is 14.1. The van der Waals surface area contributed by atoms with Gasteiger partial charge in [0.15, 0.2) is 0 Å². The van der Waals surface area contributed by atoms with Gasteiger partial charge in [0, 0.05) is 37.9 Å². The Kier molecular flexibility index (Phi) is 6.81. The van der Waals surface area contributed by atoms with Gasteiger partial charge < -0.3 is 9.80 Å². The molecule has 26 heavy (non-hydrogen) atoms. The van der Waals surface area contributed by atoms with E-state index in [0.717, 1.165) is 11.1 Å². The highest BCUT2D eigenvalue weighted by molar-refractivity contribution is 7.86. The van der Waals surface area contributed by atoms with Gasteiger partial charge in [0.25, 0.3) is 20.2 Å². The van der Waals surface area contributed by atoms with Crippen molar-refractivity contribution in [3.8, 4) is 0 Å². The van der Waals surface area contributed by atoms with Crippen LogP contribution in [-0.4, -0.2) is 60.3 Å². The summed E-state index contributed by atoms with van der Waals surface area (Å²) < 4.78 is 60.3. The Morgan fingerprint density at radius 1 is 0.654 bits per heavy atom. The summed E-state index contributed by atoms with van der Waals surface area (Å²) in [5.41, 5.74) is 1.97. The summed E-state index contributed by atoms with van der Waals surface area (Å²) in [5, 5.41) is 0. The molecule has 0 aromatic rings. The quantitative estimate of drug-likeness (QED) is 0.587. The molecule has 2 rings (SSSR count). The van der Waals surface area contributed by atoms with Crippen molar-refractivity contribution >= 4 is 20.2 Å². The van der Waals surface area contributed by atoms with E-state index >= 15 is 0 Å². The zero-order valence-corrected chi connectivity index (χ0v) is 15.7. The molecule has 144 valence electrons. The lowest BCUT2D eigenvalue weighted by Crippen LogP contribution is -2.18. The normalized spacial score (nSPS) is 17.5. The second kappa shape index (κ2) is 8.67. The third-order valence-electron chi connectivity index (χ3n) is 3.75. The molecule has 0 saturated carbocycles. The number of rotatable bonds is 8. The SMILES string of the molecule is O=S(=O)(O)CCCN1C=CC(=C2C=CN(CCCS(=O)(=O)O)C=C2)C=C1. The molecule has 0 fully saturated rings. The fraction of sp³-hybridized carbons (Fsp3) is 0.375. The van der Waals surface area contributed by atoms with Crippen LogP contribution >= 0.6 is 0 Å². The van der Waals surface area contributed by atoms with Gasteiger partial charge in [-0.05, 0) is 48.3 Å². The Bertz CT molecular complexity index is 762. The minimum atomic E-state index is -3.93. The van der Waals surface area contributed by atoms with Gasteiger partial charge in [0.2, 0.25) is 0 Å². The third-order valence-corrected chi connectivity index (χ3v) is 5.36. The van der Waals surface area contributed by atoms with Crippen LogP contribution in [0.25, 0.3) is 0 Å². The van der Waals surface area contributed by atoms with Gasteiger partial charge in [-0.3, -0.25) is 9.11 Å². The Morgan fingerprint density at radius 2 is 0.962 bits per heavy atom. The fourth-order valence-electron chi connectivity index (χ4n) is 2.46. The Labute approximate surface area is 154 Å². The number of allylic oxidation sites excluding steroid dienone is 6. The van der Waals surface area contributed by atoms with Gasteiger partial charge in [0.05, 0.1) is 11.5 Å². The molecular weight excluding hydrogens is 380 g/mol. The lowest BCUT2D eigenvalue weighted by Gasteiger charge is -2.21. The van der Waals surface area contributed by atoms with Crippen LogP contribution in [0, 0.1) is 0 Å². The van der Waals surface area contributed by atoms with Gasteiger partial charge in [0.1, 0.15) is 0 Å². The molecular formula is C16H22N2O6S2. The number of hydrogen-bond donors (Lipinski definition) is 2. The maximum absolute atomic E-state index is 10.7. The van der Waals surface area contributed by atoms with Gasteiger partial charge >= 0.3 is 0 Å². The van der Waals surface area contributed by atoms with E-state index in [1.54, 1.807) is 0 Å². The van der Waals surface area contributed by atoms with Gasteiger partial charge in [-0.1, -0.05) is 0 Å². The van der Waals surface area contributed by atoms with Gasteiger partial charge in [-0.2, -0.15) is 16.8 Å². The molecule has 10 heteroatoms. The average molecular weight is 402 g/mol. The lowest BCUT2D eigenvalue weighted by atomic mass is 10.0. The molecule has 0 aromatic carbocycles. The Hall–Kier alpha value is -1.88. The molecule has 2 N–H and O–H groups in total. The van der Waals surface area contributed by atoms with Crippen molar-refractivity contribution in [1.29, 1.82) is 0 Å². The van der Waals surface area contributed by atoms with Crippen molar-refractivity contribution in [3.05, 3.63) is 60.3 Å². The van der Waals surface area contributed by atoms with Crippen molar-refractivity contribution in [3.63, 3.8) is 0 Å². The fourth-order valence-corrected chi connectivity index (χ4v) is 3.44. The summed E-state index contributed by atoms with van der Waals surface area (Å²) in [6.07, 6.45) is 15.7. The van der Waals surface area contributed by atoms with Crippen LogP contribution in [0.3, 0.4) is 0 Å². The molecule has 0 unspecified atom stereocenters. The number of nitrogens with zero attached hydrogens (tertiary/aromatic N) is 2. The average Bonchev–Trinajstić information content (AvgIpc) is 2.54. The van der Waals surface area contributed by atoms with Crippen LogP contribution in [0.15, 0.2) is 60.3 Å². The van der Waals surface area contributed by atoms with Crippen molar-refractivity contribution in [1.82, 2.24) is 9.80 Å². The lowest BCUT2D eigenvalue weighted by molar-refractivity contribution is 0.462. The van der Waals surface area contributed by atoms with Gasteiger partial charge in [-0.15, -0.1) is 0 Å². The molecule has 0 aliphatic carbocycles. The molecule has 2 heterocycles. The monoisotopic (exact) mass is 402 g/mol. The third kappa shape index (κ3) is 7.56. The summed E-state index contributed by atoms with van der Waals surface area (Å²) in [7, 11) is -7.85. The van der Waals surface area contributed by atoms with Crippen LogP contribution in [0.1, 0.15) is 12.8 Å². The van der Waals surface area contributed by atoms with E-state index in [4.69, 9.17) is 9.11 Å². The van der Waals surface area contributed by atoms with E-state index in [1.165, 1.54) is 0 Å². The van der Waals surface area contributed by atoms with E-state index in [2.05, 4.69) is 0 Å².